The van der Waals surface area contributed by atoms with Gasteiger partial charge in [-0.1, -0.05) is 6.07 Å². The highest BCUT2D eigenvalue weighted by atomic mass is 32.2. The molecule has 1 aromatic rings. The van der Waals surface area contributed by atoms with E-state index in [0.717, 1.165) is 71.2 Å². The molecule has 0 saturated carbocycles. The molecule has 3 aliphatic rings. The van der Waals surface area contributed by atoms with Crippen molar-refractivity contribution >= 4 is 10.0 Å². The summed E-state index contributed by atoms with van der Waals surface area (Å²) in [7, 11) is -1.88. The van der Waals surface area contributed by atoms with Crippen LogP contribution in [0.4, 0.5) is 0 Å². The quantitative estimate of drug-likeness (QED) is 0.731. The van der Waals surface area contributed by atoms with Crippen LogP contribution in [0, 0.1) is 0 Å². The van der Waals surface area contributed by atoms with Crippen LogP contribution in [-0.4, -0.2) is 64.9 Å². The molecule has 0 aromatic heterocycles. The minimum Gasteiger partial charge on any atom is -0.385 e. The van der Waals surface area contributed by atoms with Crippen LogP contribution >= 0.6 is 0 Å². The third-order valence-electron chi connectivity index (χ3n) is 6.98. The minimum absolute atomic E-state index is 0.404. The van der Waals surface area contributed by atoms with Gasteiger partial charge in [0.2, 0.25) is 10.0 Å². The number of nitrogens with one attached hydrogen (secondary N) is 1. The summed E-state index contributed by atoms with van der Waals surface area (Å²) in [5.41, 5.74) is 2.05. The third kappa shape index (κ3) is 4.85. The molecule has 2 fully saturated rings. The third-order valence-corrected chi connectivity index (χ3v) is 8.55. The van der Waals surface area contributed by atoms with E-state index in [1.807, 2.05) is 12.1 Å². The lowest BCUT2D eigenvalue weighted by atomic mass is 9.84. The van der Waals surface area contributed by atoms with Crippen LogP contribution in [0.5, 0.6) is 0 Å². The monoisotopic (exact) mass is 422 g/mol. The van der Waals surface area contributed by atoms with Crippen molar-refractivity contribution in [2.45, 2.75) is 67.8 Å². The molecule has 2 saturated heterocycles. The first-order valence-corrected chi connectivity index (χ1v) is 12.5. The Labute approximate surface area is 175 Å². The van der Waals surface area contributed by atoms with Gasteiger partial charge in [-0.25, -0.2) is 13.1 Å². The zero-order valence-electron chi connectivity index (χ0n) is 17.5. The largest absolute Gasteiger partial charge is 0.385 e. The van der Waals surface area contributed by atoms with Crippen molar-refractivity contribution in [1.82, 2.24) is 9.62 Å². The van der Waals surface area contributed by atoms with Crippen LogP contribution < -0.4 is 4.72 Å². The Balaban J connectivity index is 1.48. The fourth-order valence-corrected chi connectivity index (χ4v) is 6.67. The van der Waals surface area contributed by atoms with E-state index < -0.39 is 15.6 Å². The molecule has 0 bridgehead atoms. The number of hydrogen-bond acceptors (Lipinski definition) is 5. The molecular weight excluding hydrogens is 388 g/mol. The van der Waals surface area contributed by atoms with Crippen LogP contribution in [0.3, 0.4) is 0 Å². The number of ether oxygens (including phenoxy) is 2. The summed E-state index contributed by atoms with van der Waals surface area (Å²) in [6.45, 7) is 4.06. The Morgan fingerprint density at radius 3 is 2.62 bits per heavy atom. The maximum Gasteiger partial charge on any atom is 0.241 e. The van der Waals surface area contributed by atoms with Crippen molar-refractivity contribution in [3.05, 3.63) is 29.3 Å². The fraction of sp³-hybridized carbons (Fsp3) is 0.727. The molecule has 0 unspecified atom stereocenters. The normalized spacial score (nSPS) is 23.2. The Hall–Kier alpha value is -0.990. The smallest absolute Gasteiger partial charge is 0.241 e. The predicted octanol–water partition coefficient (Wildman–Crippen LogP) is 2.50. The number of aryl methyl sites for hydroxylation is 2. The number of hydrogen-bond donors (Lipinski definition) is 1. The van der Waals surface area contributed by atoms with E-state index in [1.54, 1.807) is 13.2 Å². The Morgan fingerprint density at radius 2 is 1.90 bits per heavy atom. The zero-order valence-corrected chi connectivity index (χ0v) is 18.3. The van der Waals surface area contributed by atoms with E-state index in [9.17, 15) is 8.42 Å². The van der Waals surface area contributed by atoms with Gasteiger partial charge in [-0.05, 0) is 74.6 Å². The summed E-state index contributed by atoms with van der Waals surface area (Å²) < 4.78 is 40.5. The lowest BCUT2D eigenvalue weighted by Crippen LogP contribution is -2.57. The summed E-state index contributed by atoms with van der Waals surface area (Å²) in [5, 5.41) is 0. The number of likely N-dealkylation sites (tertiary alicyclic amines) is 1. The van der Waals surface area contributed by atoms with Crippen molar-refractivity contribution in [2.75, 3.05) is 40.0 Å². The maximum absolute atomic E-state index is 13.3. The number of benzene rings is 1. The average molecular weight is 423 g/mol. The van der Waals surface area contributed by atoms with Crippen molar-refractivity contribution in [2.24, 2.45) is 0 Å². The highest BCUT2D eigenvalue weighted by molar-refractivity contribution is 7.89. The Morgan fingerprint density at radius 1 is 1.17 bits per heavy atom. The van der Waals surface area contributed by atoms with Crippen molar-refractivity contribution in [1.29, 1.82) is 0 Å². The van der Waals surface area contributed by atoms with Gasteiger partial charge >= 0.3 is 0 Å². The van der Waals surface area contributed by atoms with Crippen molar-refractivity contribution in [3.8, 4) is 0 Å². The van der Waals surface area contributed by atoms with E-state index in [4.69, 9.17) is 9.47 Å². The standard InChI is InChI=1S/C22H34N2O4S/c1-27-16-11-22(9-12-24(13-10-22)20-7-14-28-15-8-20)23-29(25,26)21-6-5-18-3-2-4-19(18)17-21/h5-6,17,20,23H,2-4,7-16H2,1H3. The van der Waals surface area contributed by atoms with Gasteiger partial charge in [0.15, 0.2) is 0 Å². The SMILES string of the molecule is COCCC1(NS(=O)(=O)c2ccc3c(c2)CCC3)CCN(C2CCOCC2)CC1. The Kier molecular flexibility index (Phi) is 6.61. The lowest BCUT2D eigenvalue weighted by molar-refractivity contribution is 0.0127. The summed E-state index contributed by atoms with van der Waals surface area (Å²) in [6, 6.07) is 6.21. The van der Waals surface area contributed by atoms with Gasteiger partial charge < -0.3 is 14.4 Å². The van der Waals surface area contributed by atoms with Crippen molar-refractivity contribution < 1.29 is 17.9 Å². The van der Waals surface area contributed by atoms with E-state index >= 15 is 0 Å². The van der Waals surface area contributed by atoms with E-state index in [1.165, 1.54) is 11.1 Å². The summed E-state index contributed by atoms with van der Waals surface area (Å²) in [4.78, 5) is 2.93. The van der Waals surface area contributed by atoms with Gasteiger partial charge in [0.05, 0.1) is 4.90 Å². The molecule has 1 aromatic carbocycles. The van der Waals surface area contributed by atoms with Crippen LogP contribution in [-0.2, 0) is 32.3 Å². The number of sulfonamides is 1. The summed E-state index contributed by atoms with van der Waals surface area (Å²) >= 11 is 0. The molecule has 1 aliphatic carbocycles. The number of fused-ring (bicyclic) bond motifs is 1. The van der Waals surface area contributed by atoms with Crippen LogP contribution in [0.25, 0.3) is 0 Å². The topological polar surface area (TPSA) is 67.9 Å². The molecule has 0 atom stereocenters. The van der Waals surface area contributed by atoms with Crippen molar-refractivity contribution in [3.63, 3.8) is 0 Å². The molecule has 2 aliphatic heterocycles. The van der Waals surface area contributed by atoms with Crippen LogP contribution in [0.15, 0.2) is 23.1 Å². The lowest BCUT2D eigenvalue weighted by Gasteiger charge is -2.45. The van der Waals surface area contributed by atoms with Gasteiger partial charge in [-0.15, -0.1) is 0 Å². The van der Waals surface area contributed by atoms with E-state index in [0.29, 0.717) is 24.0 Å². The van der Waals surface area contributed by atoms with Gasteiger partial charge in [0.25, 0.3) is 0 Å². The molecule has 29 heavy (non-hydrogen) atoms. The summed E-state index contributed by atoms with van der Waals surface area (Å²) in [6.07, 6.45) is 7.64. The molecule has 7 heteroatoms. The first kappa shape index (κ1) is 21.2. The molecular formula is C22H34N2O4S. The molecule has 162 valence electrons. The second kappa shape index (κ2) is 9.02. The van der Waals surface area contributed by atoms with Gasteiger partial charge in [0.1, 0.15) is 0 Å². The molecule has 4 rings (SSSR count). The first-order valence-electron chi connectivity index (χ1n) is 11.0. The molecule has 0 spiro atoms. The maximum atomic E-state index is 13.3. The molecule has 0 amide bonds. The first-order chi connectivity index (χ1) is 14.0. The van der Waals surface area contributed by atoms with E-state index in [-0.39, 0.29) is 0 Å². The van der Waals surface area contributed by atoms with Gasteiger partial charge in [-0.2, -0.15) is 0 Å². The summed E-state index contributed by atoms with van der Waals surface area (Å²) in [5.74, 6) is 0. The molecule has 6 nitrogen and oxygen atoms in total. The second-order valence-corrected chi connectivity index (χ2v) is 10.5. The van der Waals surface area contributed by atoms with Gasteiger partial charge in [-0.3, -0.25) is 0 Å². The molecule has 2 heterocycles. The predicted molar refractivity (Wildman–Crippen MR) is 113 cm³/mol. The van der Waals surface area contributed by atoms with Crippen LogP contribution in [0.1, 0.15) is 49.7 Å². The highest BCUT2D eigenvalue weighted by Gasteiger charge is 2.40. The second-order valence-electron chi connectivity index (χ2n) is 8.79. The number of rotatable bonds is 7. The highest BCUT2D eigenvalue weighted by Crippen LogP contribution is 2.32. The minimum atomic E-state index is -3.56. The van der Waals surface area contributed by atoms with Gasteiger partial charge in [0, 0.05) is 51.6 Å². The number of piperidine rings is 1. The average Bonchev–Trinajstić information content (AvgIpc) is 3.21. The Bertz CT molecular complexity index is 797. The molecule has 0 radical (unpaired) electrons. The number of methoxy groups -OCH3 is 1. The zero-order chi connectivity index (χ0) is 20.3. The molecule has 1 N–H and O–H groups in total. The van der Waals surface area contributed by atoms with E-state index in [2.05, 4.69) is 9.62 Å². The fourth-order valence-electron chi connectivity index (χ4n) is 5.13. The number of nitrogens with zero attached hydrogens (tertiary/aromatic N) is 1. The van der Waals surface area contributed by atoms with Crippen LogP contribution in [0.2, 0.25) is 0 Å².